The van der Waals surface area contributed by atoms with Gasteiger partial charge in [0.2, 0.25) is 5.91 Å². The van der Waals surface area contributed by atoms with Crippen LogP contribution in [0.1, 0.15) is 6.92 Å². The fourth-order valence-electron chi connectivity index (χ4n) is 2.05. The van der Waals surface area contributed by atoms with E-state index in [0.29, 0.717) is 18.8 Å². The quantitative estimate of drug-likeness (QED) is 0.891. The zero-order valence-corrected chi connectivity index (χ0v) is 11.9. The van der Waals surface area contributed by atoms with Crippen molar-refractivity contribution < 1.29 is 27.4 Å². The van der Waals surface area contributed by atoms with Gasteiger partial charge in [-0.1, -0.05) is 0 Å². The minimum Gasteiger partial charge on any atom is -0.484 e. The summed E-state index contributed by atoms with van der Waals surface area (Å²) in [5.74, 6) is -0.168. The SMILES string of the molecule is C[C@H]1OCCN[C@@H]1C(=O)Nc1ccc(OCC(F)(F)F)cc1. The molecule has 0 radical (unpaired) electrons. The maximum Gasteiger partial charge on any atom is 0.422 e. The molecule has 1 aromatic rings. The van der Waals surface area contributed by atoms with E-state index in [9.17, 15) is 18.0 Å². The topological polar surface area (TPSA) is 59.6 Å². The van der Waals surface area contributed by atoms with Gasteiger partial charge in [-0.3, -0.25) is 4.79 Å². The number of carbonyl (C=O) groups is 1. The monoisotopic (exact) mass is 318 g/mol. The predicted octanol–water partition coefficient (Wildman–Crippen LogP) is 1.94. The van der Waals surface area contributed by atoms with Gasteiger partial charge in [-0.2, -0.15) is 13.2 Å². The van der Waals surface area contributed by atoms with Crippen LogP contribution in [0.15, 0.2) is 24.3 Å². The second-order valence-electron chi connectivity index (χ2n) is 4.93. The Labute approximate surface area is 125 Å². The van der Waals surface area contributed by atoms with Crippen molar-refractivity contribution in [3.05, 3.63) is 24.3 Å². The molecule has 1 heterocycles. The van der Waals surface area contributed by atoms with Crippen LogP contribution in [0.3, 0.4) is 0 Å². The molecule has 1 saturated heterocycles. The van der Waals surface area contributed by atoms with Gasteiger partial charge in [0.05, 0.1) is 12.7 Å². The van der Waals surface area contributed by atoms with E-state index in [1.54, 1.807) is 6.92 Å². The third-order valence-corrected chi connectivity index (χ3v) is 3.12. The number of alkyl halides is 3. The van der Waals surface area contributed by atoms with Crippen molar-refractivity contribution in [3.63, 3.8) is 0 Å². The molecule has 0 aromatic heterocycles. The van der Waals surface area contributed by atoms with Gasteiger partial charge in [-0.15, -0.1) is 0 Å². The Balaban J connectivity index is 1.89. The highest BCUT2D eigenvalue weighted by atomic mass is 19.4. The van der Waals surface area contributed by atoms with Crippen molar-refractivity contribution in [2.45, 2.75) is 25.2 Å². The predicted molar refractivity (Wildman–Crippen MR) is 73.8 cm³/mol. The molecule has 1 amide bonds. The van der Waals surface area contributed by atoms with Gasteiger partial charge in [0.1, 0.15) is 11.8 Å². The molecule has 0 aliphatic carbocycles. The van der Waals surface area contributed by atoms with E-state index in [-0.39, 0.29) is 17.8 Å². The summed E-state index contributed by atoms with van der Waals surface area (Å²) in [7, 11) is 0. The molecule has 8 heteroatoms. The second kappa shape index (κ2) is 6.97. The highest BCUT2D eigenvalue weighted by molar-refractivity contribution is 5.95. The molecular formula is C14H17F3N2O3. The lowest BCUT2D eigenvalue weighted by molar-refractivity contribution is -0.153. The van der Waals surface area contributed by atoms with E-state index in [1.165, 1.54) is 24.3 Å². The minimum atomic E-state index is -4.38. The van der Waals surface area contributed by atoms with Gasteiger partial charge in [0, 0.05) is 12.2 Å². The number of benzene rings is 1. The zero-order chi connectivity index (χ0) is 16.2. The lowest BCUT2D eigenvalue weighted by Crippen LogP contribution is -2.53. The molecule has 122 valence electrons. The van der Waals surface area contributed by atoms with E-state index in [4.69, 9.17) is 4.74 Å². The Morgan fingerprint density at radius 3 is 2.68 bits per heavy atom. The Hall–Kier alpha value is -1.80. The standard InChI is InChI=1S/C14H17F3N2O3/c1-9-12(18-6-7-21-9)13(20)19-10-2-4-11(5-3-10)22-8-14(15,16)17/h2-5,9,12,18H,6-8H2,1H3,(H,19,20)/t9-,12+/m1/s1. The summed E-state index contributed by atoms with van der Waals surface area (Å²) in [5, 5.41) is 5.73. The summed E-state index contributed by atoms with van der Waals surface area (Å²) in [5.41, 5.74) is 0.476. The van der Waals surface area contributed by atoms with Crippen molar-refractivity contribution in [1.29, 1.82) is 0 Å². The van der Waals surface area contributed by atoms with Crippen LogP contribution >= 0.6 is 0 Å². The number of nitrogens with one attached hydrogen (secondary N) is 2. The first-order valence-corrected chi connectivity index (χ1v) is 6.80. The molecule has 0 bridgehead atoms. The number of anilines is 1. The highest BCUT2D eigenvalue weighted by Gasteiger charge is 2.29. The number of hydrogen-bond donors (Lipinski definition) is 2. The molecule has 2 atom stereocenters. The van der Waals surface area contributed by atoms with Gasteiger partial charge in [-0.25, -0.2) is 0 Å². The molecule has 1 aliphatic rings. The maximum absolute atomic E-state index is 12.1. The van der Waals surface area contributed by atoms with E-state index in [0.717, 1.165) is 0 Å². The zero-order valence-electron chi connectivity index (χ0n) is 11.9. The summed E-state index contributed by atoms with van der Waals surface area (Å²) >= 11 is 0. The smallest absolute Gasteiger partial charge is 0.422 e. The van der Waals surface area contributed by atoms with Crippen LogP contribution in [0, 0.1) is 0 Å². The lowest BCUT2D eigenvalue weighted by Gasteiger charge is -2.29. The fraction of sp³-hybridized carbons (Fsp3) is 0.500. The van der Waals surface area contributed by atoms with E-state index >= 15 is 0 Å². The first kappa shape index (κ1) is 16.6. The van der Waals surface area contributed by atoms with Crippen LogP contribution in [-0.2, 0) is 9.53 Å². The fourth-order valence-corrected chi connectivity index (χ4v) is 2.05. The van der Waals surface area contributed by atoms with Crippen molar-refractivity contribution >= 4 is 11.6 Å². The van der Waals surface area contributed by atoms with Crippen LogP contribution in [0.5, 0.6) is 5.75 Å². The number of morpholine rings is 1. The average Bonchev–Trinajstić information content (AvgIpc) is 2.46. The lowest BCUT2D eigenvalue weighted by atomic mass is 10.1. The van der Waals surface area contributed by atoms with E-state index < -0.39 is 18.8 Å². The Bertz CT molecular complexity index is 505. The number of halogens is 3. The van der Waals surface area contributed by atoms with Crippen LogP contribution in [0.25, 0.3) is 0 Å². The van der Waals surface area contributed by atoms with Crippen LogP contribution < -0.4 is 15.4 Å². The normalized spacial score (nSPS) is 22.2. The van der Waals surface area contributed by atoms with Crippen LogP contribution in [-0.4, -0.2) is 44.0 Å². The van der Waals surface area contributed by atoms with Crippen molar-refractivity contribution in [3.8, 4) is 5.75 Å². The molecule has 22 heavy (non-hydrogen) atoms. The van der Waals surface area contributed by atoms with E-state index in [1.807, 2.05) is 0 Å². The first-order chi connectivity index (χ1) is 10.3. The van der Waals surface area contributed by atoms with Gasteiger partial charge in [0.15, 0.2) is 6.61 Å². The summed E-state index contributed by atoms with van der Waals surface area (Å²) in [4.78, 5) is 12.1. The molecule has 0 saturated carbocycles. The van der Waals surface area contributed by atoms with Crippen LogP contribution in [0.4, 0.5) is 18.9 Å². The Morgan fingerprint density at radius 1 is 1.41 bits per heavy atom. The molecule has 5 nitrogen and oxygen atoms in total. The molecule has 0 spiro atoms. The van der Waals surface area contributed by atoms with Gasteiger partial charge in [0.25, 0.3) is 0 Å². The minimum absolute atomic E-state index is 0.0859. The van der Waals surface area contributed by atoms with Gasteiger partial charge >= 0.3 is 6.18 Å². The number of hydrogen-bond acceptors (Lipinski definition) is 4. The third-order valence-electron chi connectivity index (χ3n) is 3.12. The molecule has 1 aromatic carbocycles. The summed E-state index contributed by atoms with van der Waals surface area (Å²) in [6.45, 7) is 1.59. The van der Waals surface area contributed by atoms with Crippen LogP contribution in [0.2, 0.25) is 0 Å². The highest BCUT2D eigenvalue weighted by Crippen LogP contribution is 2.20. The molecule has 1 fully saturated rings. The largest absolute Gasteiger partial charge is 0.484 e. The molecule has 2 rings (SSSR count). The third kappa shape index (κ3) is 4.88. The van der Waals surface area contributed by atoms with Crippen molar-refractivity contribution in [1.82, 2.24) is 5.32 Å². The average molecular weight is 318 g/mol. The first-order valence-electron chi connectivity index (χ1n) is 6.80. The molecule has 0 unspecified atom stereocenters. The number of carbonyl (C=O) groups excluding carboxylic acids is 1. The molecular weight excluding hydrogens is 301 g/mol. The van der Waals surface area contributed by atoms with Crippen molar-refractivity contribution in [2.24, 2.45) is 0 Å². The molecule has 1 aliphatic heterocycles. The van der Waals surface area contributed by atoms with Crippen molar-refractivity contribution in [2.75, 3.05) is 25.1 Å². The number of amides is 1. The second-order valence-corrected chi connectivity index (χ2v) is 4.93. The summed E-state index contributed by atoms with van der Waals surface area (Å²) in [6.07, 6.45) is -4.63. The Morgan fingerprint density at radius 2 is 2.09 bits per heavy atom. The number of rotatable bonds is 4. The van der Waals surface area contributed by atoms with Gasteiger partial charge < -0.3 is 20.1 Å². The maximum atomic E-state index is 12.1. The Kier molecular flexibility index (Phi) is 5.25. The molecule has 2 N–H and O–H groups in total. The number of ether oxygens (including phenoxy) is 2. The van der Waals surface area contributed by atoms with E-state index in [2.05, 4.69) is 15.4 Å². The summed E-state index contributed by atoms with van der Waals surface area (Å²) < 4.78 is 46.1. The summed E-state index contributed by atoms with van der Waals surface area (Å²) in [6, 6.07) is 5.25. The van der Waals surface area contributed by atoms with Gasteiger partial charge in [-0.05, 0) is 31.2 Å².